The number of carbonyl (C=O) groups excluding carboxylic acids is 1. The van der Waals surface area contributed by atoms with Crippen molar-refractivity contribution in [2.45, 2.75) is 32.2 Å². The summed E-state index contributed by atoms with van der Waals surface area (Å²) in [6.07, 6.45) is 0.479. The molecule has 0 fully saturated rings. The van der Waals surface area contributed by atoms with Crippen LogP contribution in [-0.2, 0) is 4.79 Å². The third kappa shape index (κ3) is 3.84. The van der Waals surface area contributed by atoms with Crippen molar-refractivity contribution in [1.29, 1.82) is 0 Å². The van der Waals surface area contributed by atoms with E-state index >= 15 is 0 Å². The maximum Gasteiger partial charge on any atom is 0.329 e. The summed E-state index contributed by atoms with van der Waals surface area (Å²) in [6.45, 7) is 3.34. The Morgan fingerprint density at radius 3 is 2.38 bits per heavy atom. The minimum absolute atomic E-state index is 0.0583. The van der Waals surface area contributed by atoms with Crippen LogP contribution in [0.4, 0.5) is 14.9 Å². The van der Waals surface area contributed by atoms with E-state index in [1.54, 1.807) is 13.8 Å². The minimum atomic E-state index is -1.34. The Labute approximate surface area is 122 Å². The lowest BCUT2D eigenvalue weighted by Gasteiger charge is -2.28. The van der Waals surface area contributed by atoms with Crippen LogP contribution in [0.5, 0.6) is 5.75 Å². The summed E-state index contributed by atoms with van der Waals surface area (Å²) in [5.41, 5.74) is -1.13. The Hall–Kier alpha value is -2.31. The highest BCUT2D eigenvalue weighted by Crippen LogP contribution is 2.21. The molecule has 21 heavy (non-hydrogen) atoms. The van der Waals surface area contributed by atoms with Crippen LogP contribution in [0.3, 0.4) is 0 Å². The molecule has 116 valence electrons. The molecule has 0 radical (unpaired) electrons. The van der Waals surface area contributed by atoms with Gasteiger partial charge in [-0.15, -0.1) is 0 Å². The van der Waals surface area contributed by atoms with Gasteiger partial charge in [0.15, 0.2) is 11.6 Å². The lowest BCUT2D eigenvalue weighted by Crippen LogP contribution is -2.54. The molecule has 0 saturated carbocycles. The van der Waals surface area contributed by atoms with Crippen molar-refractivity contribution in [3.05, 3.63) is 24.0 Å². The normalized spacial score (nSPS) is 10.9. The Bertz CT molecular complexity index is 530. The number of ether oxygens (including phenoxy) is 1. The second-order valence-corrected chi connectivity index (χ2v) is 4.52. The second-order valence-electron chi connectivity index (χ2n) is 4.52. The number of urea groups is 1. The molecule has 3 N–H and O–H groups in total. The van der Waals surface area contributed by atoms with Crippen LogP contribution in [0, 0.1) is 5.82 Å². The highest BCUT2D eigenvalue weighted by molar-refractivity contribution is 5.93. The van der Waals surface area contributed by atoms with Gasteiger partial charge in [-0.2, -0.15) is 0 Å². The van der Waals surface area contributed by atoms with E-state index in [0.717, 1.165) is 6.07 Å². The first kappa shape index (κ1) is 16.7. The van der Waals surface area contributed by atoms with Gasteiger partial charge in [-0.3, -0.25) is 0 Å². The predicted octanol–water partition coefficient (Wildman–Crippen LogP) is 2.60. The molecule has 0 aliphatic rings. The number of benzene rings is 1. The van der Waals surface area contributed by atoms with Crippen LogP contribution in [0.1, 0.15) is 26.7 Å². The predicted molar refractivity (Wildman–Crippen MR) is 76.1 cm³/mol. The summed E-state index contributed by atoms with van der Waals surface area (Å²) < 4.78 is 18.3. The lowest BCUT2D eigenvalue weighted by atomic mass is 9.93. The van der Waals surface area contributed by atoms with Crippen LogP contribution in [0.2, 0.25) is 0 Å². The molecule has 7 heteroatoms. The van der Waals surface area contributed by atoms with Crippen LogP contribution >= 0.6 is 0 Å². The molecular formula is C14H19FN2O4. The van der Waals surface area contributed by atoms with E-state index in [4.69, 9.17) is 4.74 Å². The molecule has 0 atom stereocenters. The van der Waals surface area contributed by atoms with Crippen LogP contribution in [0.25, 0.3) is 0 Å². The van der Waals surface area contributed by atoms with E-state index in [9.17, 15) is 19.1 Å². The highest BCUT2D eigenvalue weighted by Gasteiger charge is 2.36. The fourth-order valence-electron chi connectivity index (χ4n) is 1.91. The van der Waals surface area contributed by atoms with E-state index in [1.807, 2.05) is 0 Å². The van der Waals surface area contributed by atoms with Gasteiger partial charge in [0.1, 0.15) is 5.54 Å². The van der Waals surface area contributed by atoms with Crippen molar-refractivity contribution in [3.63, 3.8) is 0 Å². The maximum absolute atomic E-state index is 13.5. The van der Waals surface area contributed by atoms with Gasteiger partial charge in [0.05, 0.1) is 7.11 Å². The molecule has 0 aliphatic heterocycles. The van der Waals surface area contributed by atoms with Crippen molar-refractivity contribution in [2.75, 3.05) is 12.4 Å². The Morgan fingerprint density at radius 2 is 1.95 bits per heavy atom. The number of nitrogens with one attached hydrogen (secondary N) is 2. The fraction of sp³-hybridized carbons (Fsp3) is 0.429. The molecule has 6 nitrogen and oxygen atoms in total. The number of amides is 2. The van der Waals surface area contributed by atoms with Gasteiger partial charge in [0, 0.05) is 11.8 Å². The number of methoxy groups -OCH3 is 1. The molecule has 0 saturated heterocycles. The summed E-state index contributed by atoms with van der Waals surface area (Å²) in [5.74, 6) is -1.67. The van der Waals surface area contributed by atoms with Gasteiger partial charge in [0.25, 0.3) is 0 Å². The summed E-state index contributed by atoms with van der Waals surface area (Å²) >= 11 is 0. The molecule has 0 aliphatic carbocycles. The number of carboxylic acids is 1. The van der Waals surface area contributed by atoms with E-state index in [0.29, 0.717) is 0 Å². The van der Waals surface area contributed by atoms with Crippen molar-refractivity contribution in [1.82, 2.24) is 5.32 Å². The summed E-state index contributed by atoms with van der Waals surface area (Å²) in [6, 6.07) is 3.22. The van der Waals surface area contributed by atoms with E-state index in [2.05, 4.69) is 10.6 Å². The Balaban J connectivity index is 2.81. The van der Waals surface area contributed by atoms with Crippen LogP contribution in [0.15, 0.2) is 18.2 Å². The largest absolute Gasteiger partial charge is 0.494 e. The smallest absolute Gasteiger partial charge is 0.329 e. The zero-order chi connectivity index (χ0) is 16.0. The van der Waals surface area contributed by atoms with Crippen LogP contribution in [-0.4, -0.2) is 29.8 Å². The van der Waals surface area contributed by atoms with Crippen molar-refractivity contribution in [2.24, 2.45) is 0 Å². The molecule has 1 aromatic rings. The first-order valence-corrected chi connectivity index (χ1v) is 6.54. The summed E-state index contributed by atoms with van der Waals surface area (Å²) in [7, 11) is 1.34. The number of hydrogen-bond donors (Lipinski definition) is 3. The Morgan fingerprint density at radius 1 is 1.33 bits per heavy atom. The molecule has 0 aromatic heterocycles. The second kappa shape index (κ2) is 6.92. The molecule has 1 rings (SSSR count). The van der Waals surface area contributed by atoms with Crippen LogP contribution < -0.4 is 15.4 Å². The molecular weight excluding hydrogens is 279 g/mol. The average Bonchev–Trinajstić information content (AvgIpc) is 2.44. The third-order valence-electron chi connectivity index (χ3n) is 3.38. The van der Waals surface area contributed by atoms with Gasteiger partial charge < -0.3 is 20.5 Å². The van der Waals surface area contributed by atoms with Crippen molar-refractivity contribution >= 4 is 17.7 Å². The first-order valence-electron chi connectivity index (χ1n) is 6.54. The Kier molecular flexibility index (Phi) is 5.52. The summed E-state index contributed by atoms with van der Waals surface area (Å²) in [4.78, 5) is 23.2. The first-order chi connectivity index (χ1) is 9.88. The zero-order valence-electron chi connectivity index (χ0n) is 12.2. The maximum atomic E-state index is 13.5. The average molecular weight is 298 g/mol. The molecule has 1 aromatic carbocycles. The summed E-state index contributed by atoms with van der Waals surface area (Å²) in [5, 5.41) is 14.1. The van der Waals surface area contributed by atoms with E-state index in [1.165, 1.54) is 19.2 Å². The molecule has 0 bridgehead atoms. The fourth-order valence-corrected chi connectivity index (χ4v) is 1.91. The van der Waals surface area contributed by atoms with Gasteiger partial charge >= 0.3 is 12.0 Å². The number of carbonyl (C=O) groups is 2. The number of anilines is 1. The molecule has 0 spiro atoms. The van der Waals surface area contributed by atoms with Gasteiger partial charge in [-0.05, 0) is 25.0 Å². The zero-order valence-corrected chi connectivity index (χ0v) is 12.2. The standard InChI is InChI=1S/C14H19FN2O4/c1-4-14(5-2,12(18)19)17-13(20)16-9-6-7-11(21-3)10(15)8-9/h6-8H,4-5H2,1-3H3,(H,18,19)(H2,16,17,20). The van der Waals surface area contributed by atoms with Crippen molar-refractivity contribution < 1.29 is 23.8 Å². The topological polar surface area (TPSA) is 87.7 Å². The number of rotatable bonds is 6. The van der Waals surface area contributed by atoms with Gasteiger partial charge in [-0.25, -0.2) is 14.0 Å². The number of carboxylic acid groups (broad SMARTS) is 1. The highest BCUT2D eigenvalue weighted by atomic mass is 19.1. The van der Waals surface area contributed by atoms with Crippen molar-refractivity contribution in [3.8, 4) is 5.75 Å². The monoisotopic (exact) mass is 298 g/mol. The quantitative estimate of drug-likeness (QED) is 0.753. The van der Waals surface area contributed by atoms with Gasteiger partial charge in [0.2, 0.25) is 0 Å². The number of hydrogen-bond acceptors (Lipinski definition) is 3. The molecule has 0 unspecified atom stereocenters. The van der Waals surface area contributed by atoms with E-state index < -0.39 is 23.4 Å². The van der Waals surface area contributed by atoms with Gasteiger partial charge in [-0.1, -0.05) is 13.8 Å². The van der Waals surface area contributed by atoms with E-state index in [-0.39, 0.29) is 24.3 Å². The molecule has 2 amide bonds. The molecule has 0 heterocycles. The number of halogens is 1. The lowest BCUT2D eigenvalue weighted by molar-refractivity contribution is -0.144. The third-order valence-corrected chi connectivity index (χ3v) is 3.38. The SMILES string of the molecule is CCC(CC)(NC(=O)Nc1ccc(OC)c(F)c1)C(=O)O. The number of aliphatic carboxylic acids is 1. The minimum Gasteiger partial charge on any atom is -0.494 e.